The van der Waals surface area contributed by atoms with E-state index < -0.39 is 6.09 Å². The summed E-state index contributed by atoms with van der Waals surface area (Å²) in [6.07, 6.45) is -0.0666. The van der Waals surface area contributed by atoms with E-state index in [1.165, 1.54) is 12.1 Å². The molecule has 4 rings (SSSR count). The molecule has 0 aliphatic carbocycles. The van der Waals surface area contributed by atoms with Crippen molar-refractivity contribution in [3.8, 4) is 16.9 Å². The summed E-state index contributed by atoms with van der Waals surface area (Å²) >= 11 is 6.32. The molecule has 0 bridgehead atoms. The Morgan fingerprint density at radius 1 is 1.07 bits per heavy atom. The topological polar surface area (TPSA) is 49.8 Å². The molecule has 1 amide bonds. The summed E-state index contributed by atoms with van der Waals surface area (Å²) in [6.45, 7) is 0.758. The smallest absolute Gasteiger partial charge is 0.410 e. The predicted octanol–water partition coefficient (Wildman–Crippen LogP) is 5.55. The fourth-order valence-electron chi connectivity index (χ4n) is 3.57. The highest BCUT2D eigenvalue weighted by atomic mass is 35.5. The van der Waals surface area contributed by atoms with Gasteiger partial charge < -0.3 is 14.7 Å². The zero-order chi connectivity index (χ0) is 20.4. The van der Waals surface area contributed by atoms with Gasteiger partial charge in [-0.3, -0.25) is 0 Å². The molecule has 1 aliphatic heterocycles. The zero-order valence-corrected chi connectivity index (χ0v) is 16.3. The van der Waals surface area contributed by atoms with Crippen molar-refractivity contribution >= 4 is 17.7 Å². The van der Waals surface area contributed by atoms with Gasteiger partial charge in [0.05, 0.1) is 0 Å². The van der Waals surface area contributed by atoms with Crippen LogP contribution in [-0.2, 0) is 24.3 Å². The number of nitrogens with zero attached hydrogens (tertiary/aromatic N) is 1. The molecule has 0 atom stereocenters. The minimum atomic E-state index is -0.447. The summed E-state index contributed by atoms with van der Waals surface area (Å²) in [5.74, 6) is -0.241. The Morgan fingerprint density at radius 2 is 1.86 bits per heavy atom. The number of hydrogen-bond acceptors (Lipinski definition) is 3. The van der Waals surface area contributed by atoms with Crippen molar-refractivity contribution < 1.29 is 19.0 Å². The van der Waals surface area contributed by atoms with Crippen LogP contribution in [0.15, 0.2) is 60.7 Å². The third-order valence-electron chi connectivity index (χ3n) is 5.06. The first-order valence-electron chi connectivity index (χ1n) is 9.27. The third-order valence-corrected chi connectivity index (χ3v) is 5.39. The molecule has 1 heterocycles. The van der Waals surface area contributed by atoms with Crippen LogP contribution < -0.4 is 0 Å². The first-order chi connectivity index (χ1) is 14.0. The lowest BCUT2D eigenvalue weighted by Gasteiger charge is -2.30. The molecule has 3 aromatic rings. The van der Waals surface area contributed by atoms with Crippen molar-refractivity contribution in [3.63, 3.8) is 0 Å². The number of phenolic OH excluding ortho intramolecular Hbond substituents is 1. The van der Waals surface area contributed by atoms with E-state index in [1.807, 2.05) is 30.3 Å². The molecule has 0 fully saturated rings. The maximum Gasteiger partial charge on any atom is 0.410 e. The summed E-state index contributed by atoms with van der Waals surface area (Å²) in [5.41, 5.74) is 3.44. The van der Waals surface area contributed by atoms with Gasteiger partial charge in [0.25, 0.3) is 0 Å². The molecule has 0 aromatic heterocycles. The van der Waals surface area contributed by atoms with E-state index in [9.17, 15) is 14.3 Å². The number of carbonyl (C=O) groups excluding carboxylic acids is 1. The summed E-state index contributed by atoms with van der Waals surface area (Å²) < 4.78 is 19.9. The average Bonchev–Trinajstić information content (AvgIpc) is 2.75. The van der Waals surface area contributed by atoms with E-state index in [0.29, 0.717) is 40.2 Å². The van der Waals surface area contributed by atoms with Gasteiger partial charge in [-0.25, -0.2) is 9.18 Å². The van der Waals surface area contributed by atoms with Crippen LogP contribution in [0.1, 0.15) is 16.7 Å². The summed E-state index contributed by atoms with van der Waals surface area (Å²) in [4.78, 5) is 14.1. The van der Waals surface area contributed by atoms with Crippen molar-refractivity contribution in [3.05, 3.63) is 88.2 Å². The van der Waals surface area contributed by atoms with Crippen LogP contribution >= 0.6 is 11.6 Å². The van der Waals surface area contributed by atoms with Crippen LogP contribution in [0.25, 0.3) is 11.1 Å². The van der Waals surface area contributed by atoms with Crippen molar-refractivity contribution in [1.29, 1.82) is 0 Å². The number of amides is 1. The van der Waals surface area contributed by atoms with Crippen molar-refractivity contribution in [2.45, 2.75) is 19.6 Å². The monoisotopic (exact) mass is 411 g/mol. The molecule has 29 heavy (non-hydrogen) atoms. The van der Waals surface area contributed by atoms with Gasteiger partial charge in [-0.1, -0.05) is 48.0 Å². The second-order valence-electron chi connectivity index (χ2n) is 6.93. The third kappa shape index (κ3) is 4.05. The number of aromatic hydroxyl groups is 1. The Bertz CT molecular complexity index is 1060. The standard InChI is InChI=1S/C23H19ClFNO3/c24-21-8-6-16(27)12-19(21)17-7-9-22(25)18-10-11-26(13-20(17)18)23(28)29-14-15-4-2-1-3-5-15/h1-9,12,27H,10-11,13-14H2. The van der Waals surface area contributed by atoms with Gasteiger partial charge >= 0.3 is 6.09 Å². The summed E-state index contributed by atoms with van der Waals surface area (Å²) in [5, 5.41) is 10.3. The van der Waals surface area contributed by atoms with Crippen LogP contribution in [-0.4, -0.2) is 22.6 Å². The number of hydrogen-bond donors (Lipinski definition) is 1. The van der Waals surface area contributed by atoms with Crippen LogP contribution in [0.2, 0.25) is 5.02 Å². The molecule has 1 N–H and O–H groups in total. The van der Waals surface area contributed by atoms with Gasteiger partial charge in [0.2, 0.25) is 0 Å². The predicted molar refractivity (Wildman–Crippen MR) is 109 cm³/mol. The molecule has 0 unspecified atom stereocenters. The largest absolute Gasteiger partial charge is 0.508 e. The van der Waals surface area contributed by atoms with Gasteiger partial charge in [-0.15, -0.1) is 0 Å². The fraction of sp³-hybridized carbons (Fsp3) is 0.174. The number of ether oxygens (including phenoxy) is 1. The number of fused-ring (bicyclic) bond motifs is 1. The van der Waals surface area contributed by atoms with Crippen molar-refractivity contribution in [1.82, 2.24) is 4.90 Å². The molecule has 0 saturated carbocycles. The van der Waals surface area contributed by atoms with E-state index in [4.69, 9.17) is 16.3 Å². The van der Waals surface area contributed by atoms with E-state index >= 15 is 0 Å². The van der Waals surface area contributed by atoms with E-state index in [-0.39, 0.29) is 24.7 Å². The molecule has 0 spiro atoms. The minimum Gasteiger partial charge on any atom is -0.508 e. The molecular formula is C23H19ClFNO3. The summed E-state index contributed by atoms with van der Waals surface area (Å²) in [6, 6.07) is 17.1. The van der Waals surface area contributed by atoms with Crippen LogP contribution in [0.5, 0.6) is 5.75 Å². The van der Waals surface area contributed by atoms with Crippen LogP contribution in [0.4, 0.5) is 9.18 Å². The second kappa shape index (κ2) is 8.13. The Hall–Kier alpha value is -3.05. The van der Waals surface area contributed by atoms with Crippen LogP contribution in [0.3, 0.4) is 0 Å². The zero-order valence-electron chi connectivity index (χ0n) is 15.6. The van der Waals surface area contributed by atoms with Gasteiger partial charge in [0, 0.05) is 23.7 Å². The van der Waals surface area contributed by atoms with Crippen LogP contribution in [0, 0.1) is 5.82 Å². The molecule has 1 aliphatic rings. The van der Waals surface area contributed by atoms with Gasteiger partial charge in [-0.05, 0) is 52.9 Å². The Balaban J connectivity index is 1.60. The Kier molecular flexibility index (Phi) is 5.41. The van der Waals surface area contributed by atoms with E-state index in [2.05, 4.69) is 0 Å². The summed E-state index contributed by atoms with van der Waals surface area (Å²) in [7, 11) is 0. The molecule has 6 heteroatoms. The first kappa shape index (κ1) is 19.3. The lowest BCUT2D eigenvalue weighted by Crippen LogP contribution is -2.37. The normalized spacial score (nSPS) is 13.1. The van der Waals surface area contributed by atoms with Gasteiger partial charge in [0.1, 0.15) is 18.2 Å². The molecule has 148 valence electrons. The highest BCUT2D eigenvalue weighted by Crippen LogP contribution is 2.37. The highest BCUT2D eigenvalue weighted by Gasteiger charge is 2.27. The molecular weight excluding hydrogens is 393 g/mol. The number of rotatable bonds is 3. The number of halogens is 2. The molecule has 4 nitrogen and oxygen atoms in total. The molecule has 3 aromatic carbocycles. The quantitative estimate of drug-likeness (QED) is 0.615. The Morgan fingerprint density at radius 3 is 2.66 bits per heavy atom. The van der Waals surface area contributed by atoms with E-state index in [0.717, 1.165) is 5.56 Å². The minimum absolute atomic E-state index is 0.0670. The highest BCUT2D eigenvalue weighted by molar-refractivity contribution is 6.33. The van der Waals surface area contributed by atoms with Gasteiger partial charge in [0.15, 0.2) is 0 Å². The first-order valence-corrected chi connectivity index (χ1v) is 9.65. The number of benzene rings is 3. The maximum absolute atomic E-state index is 14.4. The average molecular weight is 412 g/mol. The fourth-order valence-corrected chi connectivity index (χ4v) is 3.79. The van der Waals surface area contributed by atoms with Gasteiger partial charge in [-0.2, -0.15) is 0 Å². The Labute approximate surface area is 173 Å². The number of phenols is 1. The second-order valence-corrected chi connectivity index (χ2v) is 7.34. The SMILES string of the molecule is O=C(OCc1ccccc1)N1CCc2c(F)ccc(-c3cc(O)ccc3Cl)c2C1. The maximum atomic E-state index is 14.4. The van der Waals surface area contributed by atoms with Crippen molar-refractivity contribution in [2.24, 2.45) is 0 Å². The lowest BCUT2D eigenvalue weighted by atomic mass is 9.90. The molecule has 0 radical (unpaired) electrons. The van der Waals surface area contributed by atoms with E-state index in [1.54, 1.807) is 23.1 Å². The molecule has 0 saturated heterocycles. The van der Waals surface area contributed by atoms with Crippen molar-refractivity contribution in [2.75, 3.05) is 6.54 Å². The number of carbonyl (C=O) groups is 1. The lowest BCUT2D eigenvalue weighted by molar-refractivity contribution is 0.0917.